The molecular formula is C21H26N4OS. The number of aromatic amines is 1. The van der Waals surface area contributed by atoms with Crippen LogP contribution in [-0.2, 0) is 11.2 Å². The van der Waals surface area contributed by atoms with Crippen molar-refractivity contribution in [2.75, 3.05) is 33.7 Å². The van der Waals surface area contributed by atoms with Crippen LogP contribution in [0.25, 0.3) is 10.9 Å². The van der Waals surface area contributed by atoms with Gasteiger partial charge in [0.05, 0.1) is 0 Å². The molecule has 5 rings (SSSR count). The minimum atomic E-state index is 0.135. The molecule has 27 heavy (non-hydrogen) atoms. The molecule has 3 atom stereocenters. The molecule has 3 aliphatic rings. The van der Waals surface area contributed by atoms with E-state index in [1.807, 2.05) is 0 Å². The number of carbonyl (C=O) groups excluding carboxylic acids is 1. The van der Waals surface area contributed by atoms with Gasteiger partial charge in [-0.1, -0.05) is 12.1 Å². The Morgan fingerprint density at radius 1 is 1.30 bits per heavy atom. The van der Waals surface area contributed by atoms with E-state index in [0.717, 1.165) is 26.1 Å². The van der Waals surface area contributed by atoms with E-state index in [1.54, 1.807) is 11.9 Å². The van der Waals surface area contributed by atoms with Gasteiger partial charge in [-0.2, -0.15) is 0 Å². The van der Waals surface area contributed by atoms with Gasteiger partial charge >= 0.3 is 0 Å². The Kier molecular flexibility index (Phi) is 4.02. The number of piperidine rings is 1. The first-order valence-electron chi connectivity index (χ1n) is 9.87. The first-order valence-corrected chi connectivity index (χ1v) is 10.3. The molecule has 1 unspecified atom stereocenters. The van der Waals surface area contributed by atoms with E-state index in [1.165, 1.54) is 28.5 Å². The zero-order valence-corrected chi connectivity index (χ0v) is 16.8. The van der Waals surface area contributed by atoms with Crippen molar-refractivity contribution >= 4 is 34.1 Å². The van der Waals surface area contributed by atoms with Gasteiger partial charge in [0.25, 0.3) is 0 Å². The number of hydrogen-bond donors (Lipinski definition) is 1. The summed E-state index contributed by atoms with van der Waals surface area (Å²) >= 11 is 5.55. The number of thiocarbonyl (C=S) groups is 1. The van der Waals surface area contributed by atoms with Crippen LogP contribution in [0.15, 0.2) is 24.4 Å². The van der Waals surface area contributed by atoms with Crippen molar-refractivity contribution in [3.05, 3.63) is 35.5 Å². The number of likely N-dealkylation sites (tertiary alicyclic amines) is 1. The minimum absolute atomic E-state index is 0.135. The van der Waals surface area contributed by atoms with Crippen LogP contribution < -0.4 is 0 Å². The maximum Gasteiger partial charge on any atom is 0.230 e. The molecule has 1 aromatic heterocycles. The van der Waals surface area contributed by atoms with Gasteiger partial charge in [0.15, 0.2) is 5.11 Å². The highest BCUT2D eigenvalue weighted by Gasteiger charge is 2.40. The van der Waals surface area contributed by atoms with Gasteiger partial charge in [-0.3, -0.25) is 9.69 Å². The molecule has 1 aliphatic carbocycles. The number of carbonyl (C=O) groups is 1. The lowest BCUT2D eigenvalue weighted by Gasteiger charge is -2.47. The van der Waals surface area contributed by atoms with E-state index < -0.39 is 0 Å². The van der Waals surface area contributed by atoms with Gasteiger partial charge in [-0.05, 0) is 55.2 Å². The van der Waals surface area contributed by atoms with Gasteiger partial charge in [0.2, 0.25) is 5.91 Å². The summed E-state index contributed by atoms with van der Waals surface area (Å²) in [5.74, 6) is 1.26. The zero-order valence-electron chi connectivity index (χ0n) is 15.9. The molecular weight excluding hydrogens is 356 g/mol. The van der Waals surface area contributed by atoms with Crippen molar-refractivity contribution in [2.45, 2.75) is 31.2 Å². The Morgan fingerprint density at radius 2 is 2.15 bits per heavy atom. The van der Waals surface area contributed by atoms with Crippen molar-refractivity contribution in [1.29, 1.82) is 0 Å². The van der Waals surface area contributed by atoms with Crippen molar-refractivity contribution < 1.29 is 4.79 Å². The number of aromatic nitrogens is 1. The molecule has 5 nitrogen and oxygen atoms in total. The fraction of sp³-hybridized carbons (Fsp3) is 0.524. The highest BCUT2D eigenvalue weighted by atomic mass is 32.1. The third-order valence-electron chi connectivity index (χ3n) is 6.82. The maximum absolute atomic E-state index is 11.9. The Morgan fingerprint density at radius 3 is 3.00 bits per heavy atom. The predicted molar refractivity (Wildman–Crippen MR) is 111 cm³/mol. The van der Waals surface area contributed by atoms with Crippen molar-refractivity contribution in [3.8, 4) is 0 Å². The van der Waals surface area contributed by atoms with Crippen LogP contribution in [0, 0.1) is 5.92 Å². The Bertz CT molecular complexity index is 922. The molecule has 1 N–H and O–H groups in total. The molecule has 1 aromatic carbocycles. The van der Waals surface area contributed by atoms with Gasteiger partial charge in [0.1, 0.15) is 0 Å². The van der Waals surface area contributed by atoms with E-state index >= 15 is 0 Å². The molecule has 142 valence electrons. The van der Waals surface area contributed by atoms with Gasteiger partial charge in [-0.15, -0.1) is 0 Å². The van der Waals surface area contributed by atoms with Gasteiger partial charge in [-0.25, -0.2) is 0 Å². The molecule has 0 radical (unpaired) electrons. The number of benzene rings is 1. The van der Waals surface area contributed by atoms with E-state index in [4.69, 9.17) is 12.2 Å². The van der Waals surface area contributed by atoms with Crippen LogP contribution in [-0.4, -0.2) is 70.5 Å². The van der Waals surface area contributed by atoms with Crippen molar-refractivity contribution in [1.82, 2.24) is 19.7 Å². The number of nitrogens with zero attached hydrogens (tertiary/aromatic N) is 3. The average molecular weight is 383 g/mol. The third-order valence-corrected chi connectivity index (χ3v) is 7.35. The fourth-order valence-corrected chi connectivity index (χ4v) is 5.75. The van der Waals surface area contributed by atoms with Crippen LogP contribution >= 0.6 is 12.2 Å². The first-order chi connectivity index (χ1) is 13.0. The van der Waals surface area contributed by atoms with Crippen LogP contribution in [0.4, 0.5) is 0 Å². The largest absolute Gasteiger partial charge is 0.361 e. The molecule has 6 heteroatoms. The van der Waals surface area contributed by atoms with E-state index in [0.29, 0.717) is 29.4 Å². The quantitative estimate of drug-likeness (QED) is 0.811. The molecule has 2 saturated heterocycles. The summed E-state index contributed by atoms with van der Waals surface area (Å²) in [7, 11) is 4.07. The molecule has 1 amide bonds. The molecule has 2 aliphatic heterocycles. The number of fused-ring (bicyclic) bond motifs is 2. The number of likely N-dealkylation sites (N-methyl/N-ethyl adjacent to an activating group) is 1. The Balaban J connectivity index is 1.40. The van der Waals surface area contributed by atoms with E-state index in [-0.39, 0.29) is 5.91 Å². The SMILES string of the molecule is CN1C(=O)CCN(CC2C[C@@H]3c4cccc5[nH]cc(c45)C[C@H]3N(C)C2)C1=S. The van der Waals surface area contributed by atoms with Crippen LogP contribution in [0.1, 0.15) is 29.9 Å². The van der Waals surface area contributed by atoms with Crippen LogP contribution in [0.5, 0.6) is 0 Å². The first kappa shape index (κ1) is 17.2. The summed E-state index contributed by atoms with van der Waals surface area (Å²) < 4.78 is 0. The summed E-state index contributed by atoms with van der Waals surface area (Å²) in [4.78, 5) is 21.8. The van der Waals surface area contributed by atoms with Gasteiger partial charge < -0.3 is 14.8 Å². The molecule has 3 heterocycles. The smallest absolute Gasteiger partial charge is 0.230 e. The molecule has 2 aromatic rings. The summed E-state index contributed by atoms with van der Waals surface area (Å²) in [5.41, 5.74) is 4.23. The van der Waals surface area contributed by atoms with Crippen molar-refractivity contribution in [2.24, 2.45) is 5.92 Å². The summed E-state index contributed by atoms with van der Waals surface area (Å²) in [5, 5.41) is 2.14. The van der Waals surface area contributed by atoms with E-state index in [2.05, 4.69) is 46.2 Å². The lowest BCUT2D eigenvalue weighted by molar-refractivity contribution is -0.128. The zero-order chi connectivity index (χ0) is 18.7. The maximum atomic E-state index is 11.9. The highest BCUT2D eigenvalue weighted by Crippen LogP contribution is 2.44. The molecule has 0 saturated carbocycles. The lowest BCUT2D eigenvalue weighted by Crippen LogP contribution is -2.54. The summed E-state index contributed by atoms with van der Waals surface area (Å²) in [6, 6.07) is 7.27. The second-order valence-electron chi connectivity index (χ2n) is 8.43. The number of rotatable bonds is 2. The molecule has 2 fully saturated rings. The fourth-order valence-electron chi connectivity index (χ4n) is 5.48. The molecule has 0 spiro atoms. The summed E-state index contributed by atoms with van der Waals surface area (Å²) in [6.45, 7) is 2.79. The second kappa shape index (κ2) is 6.31. The minimum Gasteiger partial charge on any atom is -0.361 e. The van der Waals surface area contributed by atoms with Crippen LogP contribution in [0.3, 0.4) is 0 Å². The van der Waals surface area contributed by atoms with Crippen molar-refractivity contribution in [3.63, 3.8) is 0 Å². The number of H-pyrrole nitrogens is 1. The topological polar surface area (TPSA) is 42.6 Å². The average Bonchev–Trinajstić information content (AvgIpc) is 3.08. The predicted octanol–water partition coefficient (Wildman–Crippen LogP) is 2.58. The number of nitrogens with one attached hydrogen (secondary N) is 1. The second-order valence-corrected chi connectivity index (χ2v) is 8.80. The highest BCUT2D eigenvalue weighted by molar-refractivity contribution is 7.80. The number of hydrogen-bond acceptors (Lipinski definition) is 3. The summed E-state index contributed by atoms with van der Waals surface area (Å²) in [6.07, 6.45) is 5.08. The monoisotopic (exact) mass is 382 g/mol. The lowest BCUT2D eigenvalue weighted by atomic mass is 9.72. The molecule has 0 bridgehead atoms. The number of amides is 1. The van der Waals surface area contributed by atoms with E-state index in [9.17, 15) is 4.79 Å². The Hall–Kier alpha value is -1.92. The van der Waals surface area contributed by atoms with Gasteiger partial charge in [0, 0.05) is 62.2 Å². The normalized spacial score (nSPS) is 28.7. The third kappa shape index (κ3) is 2.69. The Labute approximate surface area is 165 Å². The van der Waals surface area contributed by atoms with Crippen LogP contribution in [0.2, 0.25) is 0 Å². The standard InChI is InChI=1S/C21H26N4OS/c1-23-11-13(12-25-7-6-19(26)24(2)21(25)27)8-16-15-4-3-5-17-20(15)14(10-22-17)9-18(16)23/h3-5,10,13,16,18,22H,6-9,11-12H2,1-2H3/t13?,16-,18-/m1/s1.